The summed E-state index contributed by atoms with van der Waals surface area (Å²) in [5, 5.41) is 0. The van der Waals surface area contributed by atoms with Gasteiger partial charge < -0.3 is 5.73 Å². The fraction of sp³-hybridized carbons (Fsp3) is 0.500. The highest BCUT2D eigenvalue weighted by Crippen LogP contribution is 2.05. The first-order chi connectivity index (χ1) is 4.18. The molecule has 0 unspecified atom stereocenters. The molecule has 0 atom stereocenters. The molecule has 9 heavy (non-hydrogen) atoms. The Labute approximate surface area is 63.2 Å². The molecular formula is C6H10BrNO. The van der Waals surface area contributed by atoms with E-state index in [0.717, 1.165) is 12.8 Å². The van der Waals surface area contributed by atoms with Crippen LogP contribution in [0.5, 0.6) is 0 Å². The van der Waals surface area contributed by atoms with Crippen LogP contribution < -0.4 is 5.73 Å². The van der Waals surface area contributed by atoms with Gasteiger partial charge in [-0.15, -0.1) is 0 Å². The lowest BCUT2D eigenvalue weighted by atomic mass is 10.3. The van der Waals surface area contributed by atoms with Crippen LogP contribution in [-0.4, -0.2) is 5.91 Å². The highest BCUT2D eigenvalue weighted by atomic mass is 79.9. The summed E-state index contributed by atoms with van der Waals surface area (Å²) in [5.41, 5.74) is 4.92. The number of halogens is 1. The molecule has 0 rings (SSSR count). The number of rotatable bonds is 3. The molecule has 0 saturated carbocycles. The SMILES string of the molecule is CCC/C=C(\Br)C(N)=O. The first-order valence-electron chi connectivity index (χ1n) is 2.84. The van der Waals surface area contributed by atoms with Crippen LogP contribution in [-0.2, 0) is 4.79 Å². The predicted molar refractivity (Wildman–Crippen MR) is 41.1 cm³/mol. The number of carbonyl (C=O) groups is 1. The van der Waals surface area contributed by atoms with Gasteiger partial charge in [-0.25, -0.2) is 0 Å². The van der Waals surface area contributed by atoms with Gasteiger partial charge in [-0.05, 0) is 22.4 Å². The zero-order chi connectivity index (χ0) is 7.28. The van der Waals surface area contributed by atoms with Crippen molar-refractivity contribution in [1.29, 1.82) is 0 Å². The minimum absolute atomic E-state index is 0.400. The number of hydrogen-bond donors (Lipinski definition) is 1. The van der Waals surface area contributed by atoms with Gasteiger partial charge in [-0.1, -0.05) is 19.4 Å². The van der Waals surface area contributed by atoms with Crippen LogP contribution in [0.3, 0.4) is 0 Å². The molecule has 1 amide bonds. The van der Waals surface area contributed by atoms with Crippen LogP contribution in [0.4, 0.5) is 0 Å². The molecule has 0 aliphatic rings. The average Bonchev–Trinajstić information content (AvgIpc) is 1.82. The first-order valence-corrected chi connectivity index (χ1v) is 3.63. The minimum atomic E-state index is -0.400. The van der Waals surface area contributed by atoms with E-state index in [2.05, 4.69) is 15.9 Å². The third kappa shape index (κ3) is 4.21. The fourth-order valence-corrected chi connectivity index (χ4v) is 0.601. The normalized spacial score (nSPS) is 11.6. The Morgan fingerprint density at radius 1 is 1.78 bits per heavy atom. The molecule has 0 saturated heterocycles. The zero-order valence-electron chi connectivity index (χ0n) is 5.36. The van der Waals surface area contributed by atoms with Crippen molar-refractivity contribution >= 4 is 21.8 Å². The lowest BCUT2D eigenvalue weighted by molar-refractivity contribution is -0.113. The summed E-state index contributed by atoms with van der Waals surface area (Å²) in [5.74, 6) is -0.400. The van der Waals surface area contributed by atoms with E-state index in [1.807, 2.05) is 6.92 Å². The van der Waals surface area contributed by atoms with E-state index in [1.54, 1.807) is 6.08 Å². The molecule has 0 heterocycles. The fourth-order valence-electron chi connectivity index (χ4n) is 0.372. The maximum atomic E-state index is 10.3. The number of primary amides is 1. The maximum Gasteiger partial charge on any atom is 0.255 e. The van der Waals surface area contributed by atoms with E-state index in [4.69, 9.17) is 5.73 Å². The number of hydrogen-bond acceptors (Lipinski definition) is 1. The summed E-state index contributed by atoms with van der Waals surface area (Å²) in [4.78, 5) is 10.3. The monoisotopic (exact) mass is 191 g/mol. The largest absolute Gasteiger partial charge is 0.365 e. The van der Waals surface area contributed by atoms with E-state index in [0.29, 0.717) is 4.48 Å². The Morgan fingerprint density at radius 3 is 2.67 bits per heavy atom. The number of carbonyl (C=O) groups excluding carboxylic acids is 1. The zero-order valence-corrected chi connectivity index (χ0v) is 6.94. The molecular weight excluding hydrogens is 182 g/mol. The highest BCUT2D eigenvalue weighted by molar-refractivity contribution is 9.12. The van der Waals surface area contributed by atoms with Crippen molar-refractivity contribution in [1.82, 2.24) is 0 Å². The average molecular weight is 192 g/mol. The summed E-state index contributed by atoms with van der Waals surface area (Å²) < 4.78 is 0.476. The third-order valence-electron chi connectivity index (χ3n) is 0.848. The van der Waals surface area contributed by atoms with E-state index < -0.39 is 5.91 Å². The number of unbranched alkanes of at least 4 members (excludes halogenated alkanes) is 1. The summed E-state index contributed by atoms with van der Waals surface area (Å²) >= 11 is 3.03. The van der Waals surface area contributed by atoms with Gasteiger partial charge in [0, 0.05) is 0 Å². The molecule has 52 valence electrons. The van der Waals surface area contributed by atoms with Gasteiger partial charge in [0.15, 0.2) is 0 Å². The molecule has 0 aliphatic carbocycles. The van der Waals surface area contributed by atoms with E-state index in [9.17, 15) is 4.79 Å². The second-order valence-electron chi connectivity index (χ2n) is 1.70. The van der Waals surface area contributed by atoms with Gasteiger partial charge in [-0.3, -0.25) is 4.79 Å². The Hall–Kier alpha value is -0.310. The molecule has 2 N–H and O–H groups in total. The topological polar surface area (TPSA) is 43.1 Å². The molecule has 0 fully saturated rings. The van der Waals surface area contributed by atoms with Gasteiger partial charge in [0.2, 0.25) is 0 Å². The molecule has 0 aromatic rings. The Kier molecular flexibility index (Phi) is 4.40. The van der Waals surface area contributed by atoms with Crippen LogP contribution in [0, 0.1) is 0 Å². The second-order valence-corrected chi connectivity index (χ2v) is 2.56. The molecule has 3 heteroatoms. The number of allylic oxidation sites excluding steroid dienone is 1. The third-order valence-corrected chi connectivity index (χ3v) is 1.56. The van der Waals surface area contributed by atoms with Crippen molar-refractivity contribution in [3.63, 3.8) is 0 Å². The van der Waals surface area contributed by atoms with Gasteiger partial charge in [0.1, 0.15) is 0 Å². The lowest BCUT2D eigenvalue weighted by Crippen LogP contribution is -2.09. The second kappa shape index (κ2) is 4.56. The van der Waals surface area contributed by atoms with Crippen molar-refractivity contribution in [2.45, 2.75) is 19.8 Å². The van der Waals surface area contributed by atoms with Crippen molar-refractivity contribution in [2.75, 3.05) is 0 Å². The highest BCUT2D eigenvalue weighted by Gasteiger charge is 1.95. The van der Waals surface area contributed by atoms with E-state index >= 15 is 0 Å². The molecule has 0 aromatic carbocycles. The van der Waals surface area contributed by atoms with Crippen molar-refractivity contribution in [3.05, 3.63) is 10.6 Å². The Balaban J connectivity index is 3.69. The first kappa shape index (κ1) is 8.69. The maximum absolute atomic E-state index is 10.3. The Bertz CT molecular complexity index is 131. The van der Waals surface area contributed by atoms with Crippen molar-refractivity contribution < 1.29 is 4.79 Å². The minimum Gasteiger partial charge on any atom is -0.365 e. The van der Waals surface area contributed by atoms with E-state index in [-0.39, 0.29) is 0 Å². The van der Waals surface area contributed by atoms with E-state index in [1.165, 1.54) is 0 Å². The molecule has 0 aliphatic heterocycles. The van der Waals surface area contributed by atoms with Crippen LogP contribution in [0.25, 0.3) is 0 Å². The molecule has 0 aromatic heterocycles. The summed E-state index contributed by atoms with van der Waals surface area (Å²) in [6.45, 7) is 2.04. The Morgan fingerprint density at radius 2 is 2.33 bits per heavy atom. The van der Waals surface area contributed by atoms with Gasteiger partial charge in [0.05, 0.1) is 4.48 Å². The summed E-state index contributed by atoms with van der Waals surface area (Å²) in [6, 6.07) is 0. The molecule has 0 bridgehead atoms. The van der Waals surface area contributed by atoms with Crippen molar-refractivity contribution in [3.8, 4) is 0 Å². The van der Waals surface area contributed by atoms with Crippen LogP contribution in [0.15, 0.2) is 10.6 Å². The molecule has 0 spiro atoms. The van der Waals surface area contributed by atoms with Gasteiger partial charge >= 0.3 is 0 Å². The quantitative estimate of drug-likeness (QED) is 0.677. The summed E-state index contributed by atoms with van der Waals surface area (Å²) in [6.07, 6.45) is 3.70. The van der Waals surface area contributed by atoms with Crippen LogP contribution >= 0.6 is 15.9 Å². The van der Waals surface area contributed by atoms with Gasteiger partial charge in [-0.2, -0.15) is 0 Å². The van der Waals surface area contributed by atoms with Crippen molar-refractivity contribution in [2.24, 2.45) is 5.73 Å². The number of amides is 1. The standard InChI is InChI=1S/C6H10BrNO/c1-2-3-4-5(7)6(8)9/h4H,2-3H2,1H3,(H2,8,9)/b5-4-. The molecule has 0 radical (unpaired) electrons. The smallest absolute Gasteiger partial charge is 0.255 e. The number of nitrogens with two attached hydrogens (primary N) is 1. The summed E-state index contributed by atoms with van der Waals surface area (Å²) in [7, 11) is 0. The lowest BCUT2D eigenvalue weighted by Gasteiger charge is -1.88. The predicted octanol–water partition coefficient (Wildman–Crippen LogP) is 1.55. The van der Waals surface area contributed by atoms with Gasteiger partial charge in [0.25, 0.3) is 5.91 Å². The van der Waals surface area contributed by atoms with Crippen LogP contribution in [0.1, 0.15) is 19.8 Å². The van der Waals surface area contributed by atoms with Crippen LogP contribution in [0.2, 0.25) is 0 Å². The molecule has 2 nitrogen and oxygen atoms in total.